The van der Waals surface area contributed by atoms with E-state index in [0.717, 1.165) is 0 Å². The second kappa shape index (κ2) is 8.59. The van der Waals surface area contributed by atoms with Crippen molar-refractivity contribution >= 4 is 33.6 Å². The monoisotopic (exact) mass is 404 g/mol. The van der Waals surface area contributed by atoms with E-state index in [0.29, 0.717) is 28.5 Å². The van der Waals surface area contributed by atoms with E-state index in [1.165, 1.54) is 25.3 Å². The van der Waals surface area contributed by atoms with Crippen LogP contribution < -0.4 is 9.47 Å². The Hall–Kier alpha value is -2.00. The Morgan fingerprint density at radius 1 is 1.38 bits per heavy atom. The van der Waals surface area contributed by atoms with E-state index in [1.54, 1.807) is 19.2 Å². The van der Waals surface area contributed by atoms with Gasteiger partial charge in [0.15, 0.2) is 27.9 Å². The van der Waals surface area contributed by atoms with Crippen molar-refractivity contribution in [2.45, 2.75) is 12.5 Å². The summed E-state index contributed by atoms with van der Waals surface area (Å²) in [5.41, 5.74) is 0.607. The third-order valence-corrected chi connectivity index (χ3v) is 6.10. The molecule has 1 aromatic rings. The van der Waals surface area contributed by atoms with E-state index in [1.807, 2.05) is 0 Å². The van der Waals surface area contributed by atoms with E-state index in [2.05, 4.69) is 5.16 Å². The van der Waals surface area contributed by atoms with Gasteiger partial charge in [-0.2, -0.15) is 0 Å². The number of halogens is 1. The number of sulfone groups is 1. The quantitative estimate of drug-likeness (QED) is 0.503. The van der Waals surface area contributed by atoms with Crippen LogP contribution in [0.4, 0.5) is 0 Å². The van der Waals surface area contributed by atoms with Crippen LogP contribution in [0.2, 0.25) is 5.02 Å². The average Bonchev–Trinajstić information content (AvgIpc) is 2.97. The Balaban J connectivity index is 1.91. The van der Waals surface area contributed by atoms with E-state index in [-0.39, 0.29) is 30.1 Å². The molecule has 1 aliphatic heterocycles. The zero-order valence-corrected chi connectivity index (χ0v) is 16.3. The van der Waals surface area contributed by atoms with Crippen molar-refractivity contribution in [3.05, 3.63) is 22.7 Å². The number of hydrogen-bond acceptors (Lipinski definition) is 7. The first kappa shape index (κ1) is 20.3. The van der Waals surface area contributed by atoms with Crippen molar-refractivity contribution in [1.29, 1.82) is 0 Å². The Labute approximate surface area is 157 Å². The smallest absolute Gasteiger partial charge is 0.263 e. The molecule has 1 aliphatic rings. The zero-order valence-electron chi connectivity index (χ0n) is 14.8. The summed E-state index contributed by atoms with van der Waals surface area (Å²) in [6.45, 7) is -0.287. The number of carbonyl (C=O) groups is 1. The number of likely N-dealkylation sites (N-methyl/N-ethyl adjacent to an activating group) is 1. The predicted octanol–water partition coefficient (Wildman–Crippen LogP) is 1.35. The van der Waals surface area contributed by atoms with Crippen molar-refractivity contribution in [2.75, 3.05) is 39.4 Å². The van der Waals surface area contributed by atoms with Crippen molar-refractivity contribution in [3.8, 4) is 11.5 Å². The Kier molecular flexibility index (Phi) is 6.71. The molecule has 0 N–H and O–H groups in total. The summed E-state index contributed by atoms with van der Waals surface area (Å²) >= 11 is 6.10. The molecule has 1 heterocycles. The third kappa shape index (κ3) is 5.01. The van der Waals surface area contributed by atoms with Crippen LogP contribution in [0.5, 0.6) is 11.5 Å². The van der Waals surface area contributed by atoms with Crippen molar-refractivity contribution in [3.63, 3.8) is 0 Å². The Morgan fingerprint density at radius 2 is 2.12 bits per heavy atom. The van der Waals surface area contributed by atoms with Gasteiger partial charge in [0.1, 0.15) is 0 Å². The van der Waals surface area contributed by atoms with E-state index < -0.39 is 9.84 Å². The molecule has 0 bridgehead atoms. The molecule has 1 aromatic carbocycles. The fraction of sp³-hybridized carbons (Fsp3) is 0.500. The summed E-state index contributed by atoms with van der Waals surface area (Å²) in [5, 5.41) is 4.10. The zero-order chi connectivity index (χ0) is 19.3. The summed E-state index contributed by atoms with van der Waals surface area (Å²) in [7, 11) is 1.49. The van der Waals surface area contributed by atoms with Gasteiger partial charge in [0.05, 0.1) is 37.0 Å². The van der Waals surface area contributed by atoms with Crippen molar-refractivity contribution in [2.24, 2.45) is 5.16 Å². The van der Waals surface area contributed by atoms with Crippen LogP contribution in [-0.4, -0.2) is 70.9 Å². The van der Waals surface area contributed by atoms with Gasteiger partial charge in [0.25, 0.3) is 5.91 Å². The standard InChI is InChI=1S/C16H21ClN2O6S/c1-19(12-4-5-26(21,22)10-12)15(20)9-25-18-8-11-6-13(17)16(24-3)14(7-11)23-2/h6-8,12H,4-5,9-10H2,1-3H3/b18-8-/t12-/m0/s1. The lowest BCUT2D eigenvalue weighted by atomic mass is 10.2. The lowest BCUT2D eigenvalue weighted by Crippen LogP contribution is -2.39. The Bertz CT molecular complexity index is 796. The number of methoxy groups -OCH3 is 2. The first-order valence-corrected chi connectivity index (χ1v) is 10.00. The van der Waals surface area contributed by atoms with Crippen LogP contribution in [0.25, 0.3) is 0 Å². The van der Waals surface area contributed by atoms with Gasteiger partial charge < -0.3 is 19.2 Å². The number of ether oxygens (including phenoxy) is 2. The van der Waals surface area contributed by atoms with Gasteiger partial charge in [0.2, 0.25) is 0 Å². The van der Waals surface area contributed by atoms with Crippen LogP contribution in [0, 0.1) is 0 Å². The predicted molar refractivity (Wildman–Crippen MR) is 97.9 cm³/mol. The van der Waals surface area contributed by atoms with Crippen LogP contribution in [0.3, 0.4) is 0 Å². The van der Waals surface area contributed by atoms with Crippen LogP contribution in [-0.2, 0) is 19.5 Å². The number of amides is 1. The molecule has 1 fully saturated rings. The fourth-order valence-corrected chi connectivity index (χ4v) is 4.66. The molecule has 10 heteroatoms. The molecule has 0 aromatic heterocycles. The maximum atomic E-state index is 12.1. The van der Waals surface area contributed by atoms with Crippen LogP contribution in [0.1, 0.15) is 12.0 Å². The molecule has 144 valence electrons. The summed E-state index contributed by atoms with van der Waals surface area (Å²) in [4.78, 5) is 18.5. The highest BCUT2D eigenvalue weighted by atomic mass is 35.5. The van der Waals surface area contributed by atoms with Crippen LogP contribution in [0.15, 0.2) is 17.3 Å². The largest absolute Gasteiger partial charge is 0.493 e. The van der Waals surface area contributed by atoms with Crippen molar-refractivity contribution in [1.82, 2.24) is 4.90 Å². The maximum Gasteiger partial charge on any atom is 0.263 e. The molecule has 2 rings (SSSR count). The molecule has 0 unspecified atom stereocenters. The Morgan fingerprint density at radius 3 is 2.69 bits per heavy atom. The highest BCUT2D eigenvalue weighted by molar-refractivity contribution is 7.91. The first-order valence-electron chi connectivity index (χ1n) is 7.80. The second-order valence-electron chi connectivity index (χ2n) is 5.81. The normalized spacial score (nSPS) is 18.7. The van der Waals surface area contributed by atoms with Gasteiger partial charge in [-0.15, -0.1) is 0 Å². The molecule has 1 amide bonds. The number of carbonyl (C=O) groups excluding carboxylic acids is 1. The van der Waals surface area contributed by atoms with E-state index >= 15 is 0 Å². The second-order valence-corrected chi connectivity index (χ2v) is 8.44. The van der Waals surface area contributed by atoms with Gasteiger partial charge >= 0.3 is 0 Å². The highest BCUT2D eigenvalue weighted by Crippen LogP contribution is 2.35. The molecule has 1 atom stereocenters. The molecule has 0 aliphatic carbocycles. The number of hydrogen-bond donors (Lipinski definition) is 0. The summed E-state index contributed by atoms with van der Waals surface area (Å²) in [6.07, 6.45) is 1.83. The minimum Gasteiger partial charge on any atom is -0.493 e. The van der Waals surface area contributed by atoms with Gasteiger partial charge in [-0.1, -0.05) is 16.8 Å². The number of benzene rings is 1. The number of rotatable bonds is 7. The van der Waals surface area contributed by atoms with Crippen LogP contribution >= 0.6 is 11.6 Å². The average molecular weight is 405 g/mol. The van der Waals surface area contributed by atoms with Gasteiger partial charge in [-0.05, 0) is 18.6 Å². The van der Waals surface area contributed by atoms with Gasteiger partial charge in [0, 0.05) is 18.7 Å². The summed E-state index contributed by atoms with van der Waals surface area (Å²) in [5.74, 6) is 0.613. The molecular weight excluding hydrogens is 384 g/mol. The fourth-order valence-electron chi connectivity index (χ4n) is 2.59. The molecule has 26 heavy (non-hydrogen) atoms. The van der Waals surface area contributed by atoms with Crippen molar-refractivity contribution < 1.29 is 27.5 Å². The minimum atomic E-state index is -3.05. The molecule has 0 spiro atoms. The molecule has 8 nitrogen and oxygen atoms in total. The number of nitrogens with zero attached hydrogens (tertiary/aromatic N) is 2. The molecular formula is C16H21ClN2O6S. The SMILES string of the molecule is COc1cc(/C=N\OCC(=O)N(C)[C@H]2CCS(=O)(=O)C2)cc(Cl)c1OC. The summed E-state index contributed by atoms with van der Waals surface area (Å²) in [6, 6.07) is 2.96. The molecule has 1 saturated heterocycles. The number of oxime groups is 1. The first-order chi connectivity index (χ1) is 12.3. The maximum absolute atomic E-state index is 12.1. The lowest BCUT2D eigenvalue weighted by molar-refractivity contribution is -0.136. The minimum absolute atomic E-state index is 0.0113. The summed E-state index contributed by atoms with van der Waals surface area (Å²) < 4.78 is 33.3. The van der Waals surface area contributed by atoms with E-state index in [4.69, 9.17) is 25.9 Å². The van der Waals surface area contributed by atoms with E-state index in [9.17, 15) is 13.2 Å². The molecule has 0 radical (unpaired) electrons. The molecule has 0 saturated carbocycles. The highest BCUT2D eigenvalue weighted by Gasteiger charge is 2.32. The lowest BCUT2D eigenvalue weighted by Gasteiger charge is -2.22. The topological polar surface area (TPSA) is 94.5 Å². The van der Waals surface area contributed by atoms with Gasteiger partial charge in [-0.25, -0.2) is 8.42 Å². The van der Waals surface area contributed by atoms with Gasteiger partial charge in [-0.3, -0.25) is 4.79 Å². The third-order valence-electron chi connectivity index (χ3n) is 4.07.